The number of benzene rings is 2. The zero-order valence-electron chi connectivity index (χ0n) is 16.4. The third-order valence-corrected chi connectivity index (χ3v) is 5.10. The van der Waals surface area contributed by atoms with Gasteiger partial charge in [-0.1, -0.05) is 12.1 Å². The quantitative estimate of drug-likeness (QED) is 0.379. The third kappa shape index (κ3) is 5.16. The summed E-state index contributed by atoms with van der Waals surface area (Å²) in [6.07, 6.45) is -0.263. The van der Waals surface area contributed by atoms with E-state index >= 15 is 0 Å². The maximum atomic E-state index is 12.8. The second kappa shape index (κ2) is 8.68. The van der Waals surface area contributed by atoms with Gasteiger partial charge in [0, 0.05) is 13.1 Å². The Hall–Kier alpha value is -2.83. The molecule has 0 amide bonds. The summed E-state index contributed by atoms with van der Waals surface area (Å²) in [6.45, 7) is 5.47. The van der Waals surface area contributed by atoms with E-state index in [1.54, 1.807) is 12.1 Å². The lowest BCUT2D eigenvalue weighted by molar-refractivity contribution is -0.137. The Morgan fingerprint density at radius 2 is 1.86 bits per heavy atom. The Balaban J connectivity index is 1.69. The van der Waals surface area contributed by atoms with Crippen molar-refractivity contribution in [3.63, 3.8) is 0 Å². The highest BCUT2D eigenvalue weighted by molar-refractivity contribution is 5.92. The largest absolute Gasteiger partial charge is 0.457 e. The lowest BCUT2D eigenvalue weighted by Crippen LogP contribution is -2.16. The molecule has 0 aliphatic carbocycles. The van der Waals surface area contributed by atoms with Gasteiger partial charge in [0.25, 0.3) is 0 Å². The maximum absolute atomic E-state index is 12.8. The van der Waals surface area contributed by atoms with Gasteiger partial charge < -0.3 is 9.64 Å². The van der Waals surface area contributed by atoms with Gasteiger partial charge in [-0.25, -0.2) is 9.79 Å². The van der Waals surface area contributed by atoms with Crippen molar-refractivity contribution in [1.29, 1.82) is 0 Å². The molecule has 1 aliphatic heterocycles. The fraction of sp³-hybridized carbons (Fsp3) is 0.364. The van der Waals surface area contributed by atoms with Crippen LogP contribution in [0.3, 0.4) is 0 Å². The van der Waals surface area contributed by atoms with E-state index in [4.69, 9.17) is 4.74 Å². The van der Waals surface area contributed by atoms with Crippen LogP contribution in [0.1, 0.15) is 45.5 Å². The number of ether oxygens (including phenoxy) is 1. The Labute approximate surface area is 168 Å². The van der Waals surface area contributed by atoms with Crippen LogP contribution in [-0.2, 0) is 17.5 Å². The second-order valence-electron chi connectivity index (χ2n) is 7.14. The maximum Gasteiger partial charge on any atom is 0.416 e. The summed E-state index contributed by atoms with van der Waals surface area (Å²) >= 11 is 0. The molecule has 29 heavy (non-hydrogen) atoms. The first-order valence-corrected chi connectivity index (χ1v) is 9.47. The fourth-order valence-electron chi connectivity index (χ4n) is 3.23. The molecule has 7 heteroatoms. The molecular weight excluding hydrogens is 381 g/mol. The predicted molar refractivity (Wildman–Crippen MR) is 105 cm³/mol. The summed E-state index contributed by atoms with van der Waals surface area (Å²) < 4.78 is 43.7. The molecule has 154 valence electrons. The number of halogens is 3. The molecule has 0 bridgehead atoms. The van der Waals surface area contributed by atoms with Gasteiger partial charge in [-0.3, -0.25) is 0 Å². The molecule has 2 aromatic rings. The van der Waals surface area contributed by atoms with E-state index in [1.165, 1.54) is 25.0 Å². The Bertz CT molecular complexity index is 917. The molecule has 0 N–H and O–H groups in total. The summed E-state index contributed by atoms with van der Waals surface area (Å²) in [7, 11) is 0. The standard InChI is InChI=1S/C22H23F3N2O2/c1-15-16(2)20(26-14-27-10-3-4-11-27)9-8-19(15)21(28)29-13-17-6-5-7-18(12-17)22(23,24)25/h5-9,12,14H,3-4,10-11,13H2,1-2H3/b26-14+. The fourth-order valence-corrected chi connectivity index (χ4v) is 3.23. The van der Waals surface area contributed by atoms with Crippen molar-refractivity contribution in [2.24, 2.45) is 4.99 Å². The van der Waals surface area contributed by atoms with E-state index in [0.29, 0.717) is 5.56 Å². The molecular formula is C22H23F3N2O2. The van der Waals surface area contributed by atoms with Crippen LogP contribution in [-0.4, -0.2) is 30.3 Å². The first-order valence-electron chi connectivity index (χ1n) is 9.47. The van der Waals surface area contributed by atoms with Gasteiger partial charge in [0.2, 0.25) is 0 Å². The number of hydrogen-bond acceptors (Lipinski definition) is 3. The zero-order chi connectivity index (χ0) is 21.0. The lowest BCUT2D eigenvalue weighted by Gasteiger charge is -2.13. The minimum atomic E-state index is -4.43. The van der Waals surface area contributed by atoms with Crippen molar-refractivity contribution in [2.75, 3.05) is 13.1 Å². The summed E-state index contributed by atoms with van der Waals surface area (Å²) in [5, 5.41) is 0. The van der Waals surface area contributed by atoms with Crippen molar-refractivity contribution in [1.82, 2.24) is 4.90 Å². The van der Waals surface area contributed by atoms with E-state index in [0.717, 1.165) is 42.0 Å². The van der Waals surface area contributed by atoms with Gasteiger partial charge in [0.15, 0.2) is 0 Å². The molecule has 1 saturated heterocycles. The minimum absolute atomic E-state index is 0.226. The van der Waals surface area contributed by atoms with E-state index in [1.807, 2.05) is 20.2 Å². The molecule has 3 rings (SSSR count). The van der Waals surface area contributed by atoms with Gasteiger partial charge >= 0.3 is 12.1 Å². The Morgan fingerprint density at radius 1 is 1.14 bits per heavy atom. The van der Waals surface area contributed by atoms with Crippen molar-refractivity contribution < 1.29 is 22.7 Å². The van der Waals surface area contributed by atoms with Crippen LogP contribution >= 0.6 is 0 Å². The topological polar surface area (TPSA) is 41.9 Å². The average molecular weight is 404 g/mol. The first-order chi connectivity index (χ1) is 13.8. The highest BCUT2D eigenvalue weighted by Crippen LogP contribution is 2.30. The number of hydrogen-bond donors (Lipinski definition) is 0. The number of likely N-dealkylation sites (tertiary alicyclic amines) is 1. The van der Waals surface area contributed by atoms with E-state index < -0.39 is 17.7 Å². The summed E-state index contributed by atoms with van der Waals surface area (Å²) in [4.78, 5) is 19.1. The van der Waals surface area contributed by atoms with Gasteiger partial charge in [-0.15, -0.1) is 0 Å². The molecule has 0 saturated carbocycles. The highest BCUT2D eigenvalue weighted by Gasteiger charge is 2.30. The molecule has 4 nitrogen and oxygen atoms in total. The first kappa shape index (κ1) is 20.9. The van der Waals surface area contributed by atoms with Crippen molar-refractivity contribution in [3.8, 4) is 0 Å². The number of rotatable bonds is 5. The van der Waals surface area contributed by atoms with Crippen LogP contribution in [0.5, 0.6) is 0 Å². The van der Waals surface area contributed by atoms with Crippen LogP contribution in [0, 0.1) is 13.8 Å². The molecule has 0 radical (unpaired) electrons. The SMILES string of the molecule is Cc1c(/N=C/N2CCCC2)ccc(C(=O)OCc2cccc(C(F)(F)F)c2)c1C. The van der Waals surface area contributed by atoms with Crippen molar-refractivity contribution in [2.45, 2.75) is 39.5 Å². The summed E-state index contributed by atoms with van der Waals surface area (Å²) in [5.41, 5.74) is 2.30. The predicted octanol–water partition coefficient (Wildman–Crippen LogP) is 5.43. The molecule has 1 aliphatic rings. The molecule has 0 spiro atoms. The van der Waals surface area contributed by atoms with E-state index in [2.05, 4.69) is 9.89 Å². The van der Waals surface area contributed by atoms with Crippen LogP contribution in [0.2, 0.25) is 0 Å². The number of esters is 1. The van der Waals surface area contributed by atoms with Crippen LogP contribution in [0.4, 0.5) is 18.9 Å². The molecule has 1 fully saturated rings. The van der Waals surface area contributed by atoms with Crippen LogP contribution in [0.25, 0.3) is 0 Å². The second-order valence-corrected chi connectivity index (χ2v) is 7.14. The number of aliphatic imine (C=N–C) groups is 1. The summed E-state index contributed by atoms with van der Waals surface area (Å²) in [6, 6.07) is 8.18. The smallest absolute Gasteiger partial charge is 0.416 e. The Kier molecular flexibility index (Phi) is 6.25. The molecule has 0 aromatic heterocycles. The Morgan fingerprint density at radius 3 is 2.55 bits per heavy atom. The number of carbonyl (C=O) groups excluding carboxylic acids is 1. The molecule has 0 atom stereocenters. The number of alkyl halides is 3. The van der Waals surface area contributed by atoms with Crippen molar-refractivity contribution in [3.05, 3.63) is 64.2 Å². The van der Waals surface area contributed by atoms with Gasteiger partial charge in [-0.05, 0) is 67.6 Å². The molecule has 2 aromatic carbocycles. The monoisotopic (exact) mass is 404 g/mol. The van der Waals surface area contributed by atoms with Crippen molar-refractivity contribution >= 4 is 18.0 Å². The third-order valence-electron chi connectivity index (χ3n) is 5.10. The normalized spacial score (nSPS) is 14.6. The van der Waals surface area contributed by atoms with Gasteiger partial charge in [0.1, 0.15) is 6.61 Å². The van der Waals surface area contributed by atoms with Gasteiger partial charge in [0.05, 0.1) is 23.2 Å². The van der Waals surface area contributed by atoms with Gasteiger partial charge in [-0.2, -0.15) is 13.2 Å². The lowest BCUT2D eigenvalue weighted by atomic mass is 10.0. The van der Waals surface area contributed by atoms with Crippen LogP contribution in [0.15, 0.2) is 41.4 Å². The zero-order valence-corrected chi connectivity index (χ0v) is 16.4. The highest BCUT2D eigenvalue weighted by atomic mass is 19.4. The molecule has 1 heterocycles. The number of carbonyl (C=O) groups is 1. The summed E-state index contributed by atoms with van der Waals surface area (Å²) in [5.74, 6) is -0.571. The minimum Gasteiger partial charge on any atom is -0.457 e. The molecule has 0 unspecified atom stereocenters. The van der Waals surface area contributed by atoms with E-state index in [9.17, 15) is 18.0 Å². The average Bonchev–Trinajstić information content (AvgIpc) is 3.20. The number of nitrogens with zero attached hydrogens (tertiary/aromatic N) is 2. The van der Waals surface area contributed by atoms with E-state index in [-0.39, 0.29) is 12.2 Å². The van der Waals surface area contributed by atoms with Crippen LogP contribution < -0.4 is 0 Å².